The number of nitrogens with one attached hydrogen (secondary N) is 1. The first-order valence-corrected chi connectivity index (χ1v) is 9.65. The van der Waals surface area contributed by atoms with Crippen LogP contribution >= 0.6 is 0 Å². The third-order valence-corrected chi connectivity index (χ3v) is 4.67. The fourth-order valence-electron chi connectivity index (χ4n) is 3.04. The number of aromatic nitrogens is 1. The van der Waals surface area contributed by atoms with Crippen molar-refractivity contribution >= 4 is 11.7 Å². The van der Waals surface area contributed by atoms with E-state index in [9.17, 15) is 13.6 Å². The van der Waals surface area contributed by atoms with Gasteiger partial charge in [0.05, 0.1) is 26.5 Å². The van der Waals surface area contributed by atoms with E-state index in [0.717, 1.165) is 17.7 Å². The van der Waals surface area contributed by atoms with Gasteiger partial charge < -0.3 is 23.9 Å². The maximum atomic E-state index is 13.5. The van der Waals surface area contributed by atoms with Crippen LogP contribution in [-0.4, -0.2) is 23.2 Å². The number of hydrogen-bond donors (Lipinski definition) is 1. The lowest BCUT2D eigenvalue weighted by Gasteiger charge is -2.21. The Bertz CT molecular complexity index is 1190. The fraction of sp³-hybridized carbons (Fsp3) is 0.130. The third kappa shape index (κ3) is 4.94. The second-order valence-electron chi connectivity index (χ2n) is 6.91. The minimum absolute atomic E-state index is 0.0931. The lowest BCUT2D eigenvalue weighted by atomic mass is 10.1. The number of furan rings is 1. The van der Waals surface area contributed by atoms with E-state index in [0.29, 0.717) is 23.0 Å². The Hall–Kier alpha value is -4.14. The second-order valence-corrected chi connectivity index (χ2v) is 6.91. The molecule has 0 atom stereocenters. The Kier molecular flexibility index (Phi) is 6.16. The molecular weight excluding hydrogens is 420 g/mol. The predicted molar refractivity (Wildman–Crippen MR) is 112 cm³/mol. The lowest BCUT2D eigenvalue weighted by Crippen LogP contribution is -2.34. The number of ether oxygens (including phenoxy) is 1. The molecule has 0 spiro atoms. The van der Waals surface area contributed by atoms with Gasteiger partial charge in [-0.2, -0.15) is 0 Å². The summed E-state index contributed by atoms with van der Waals surface area (Å²) in [6.45, 7) is 0.225. The number of rotatable bonds is 7. The van der Waals surface area contributed by atoms with Crippen molar-refractivity contribution in [1.82, 2.24) is 10.1 Å². The Balaban J connectivity index is 1.52. The van der Waals surface area contributed by atoms with Crippen LogP contribution in [0, 0.1) is 11.6 Å². The SMILES string of the molecule is COc1ccc(-c2cc(CN(Cc3ccco3)C(=O)Nc3ccc(F)c(F)c3)no2)cc1. The van der Waals surface area contributed by atoms with E-state index in [1.165, 1.54) is 17.2 Å². The fourth-order valence-corrected chi connectivity index (χ4v) is 3.04. The number of anilines is 1. The predicted octanol–water partition coefficient (Wildman–Crippen LogP) is 5.46. The largest absolute Gasteiger partial charge is 0.497 e. The van der Waals surface area contributed by atoms with Crippen LogP contribution in [0.1, 0.15) is 11.5 Å². The van der Waals surface area contributed by atoms with Gasteiger partial charge in [0.2, 0.25) is 0 Å². The average Bonchev–Trinajstić information content (AvgIpc) is 3.48. The summed E-state index contributed by atoms with van der Waals surface area (Å²) < 4.78 is 42.6. The zero-order chi connectivity index (χ0) is 22.5. The molecule has 1 N–H and O–H groups in total. The molecule has 0 aliphatic rings. The van der Waals surface area contributed by atoms with Crippen LogP contribution in [0.4, 0.5) is 19.3 Å². The van der Waals surface area contributed by atoms with Gasteiger partial charge >= 0.3 is 6.03 Å². The van der Waals surface area contributed by atoms with Crippen LogP contribution in [0.3, 0.4) is 0 Å². The summed E-state index contributed by atoms with van der Waals surface area (Å²) in [7, 11) is 1.58. The highest BCUT2D eigenvalue weighted by atomic mass is 19.2. The summed E-state index contributed by atoms with van der Waals surface area (Å²) in [6.07, 6.45) is 1.50. The Morgan fingerprint density at radius 3 is 2.56 bits per heavy atom. The number of nitrogens with zero attached hydrogens (tertiary/aromatic N) is 2. The normalized spacial score (nSPS) is 10.7. The van der Waals surface area contributed by atoms with E-state index in [4.69, 9.17) is 13.7 Å². The van der Waals surface area contributed by atoms with Gasteiger partial charge in [-0.25, -0.2) is 13.6 Å². The van der Waals surface area contributed by atoms with Crippen LogP contribution in [0.2, 0.25) is 0 Å². The third-order valence-electron chi connectivity index (χ3n) is 4.67. The molecule has 0 bridgehead atoms. The van der Waals surface area contributed by atoms with E-state index >= 15 is 0 Å². The van der Waals surface area contributed by atoms with Crippen LogP contribution in [-0.2, 0) is 13.1 Å². The van der Waals surface area contributed by atoms with Crippen molar-refractivity contribution in [2.45, 2.75) is 13.1 Å². The van der Waals surface area contributed by atoms with Gasteiger partial charge in [0.1, 0.15) is 17.2 Å². The summed E-state index contributed by atoms with van der Waals surface area (Å²) >= 11 is 0. The first-order chi connectivity index (χ1) is 15.5. The molecule has 0 saturated carbocycles. The number of benzene rings is 2. The molecule has 2 aromatic carbocycles. The molecule has 2 aromatic heterocycles. The molecular formula is C23H19F2N3O4. The summed E-state index contributed by atoms with van der Waals surface area (Å²) in [6, 6.07) is 15.0. The van der Waals surface area contributed by atoms with Crippen molar-refractivity contribution in [3.8, 4) is 17.1 Å². The van der Waals surface area contributed by atoms with Gasteiger partial charge in [0.25, 0.3) is 0 Å². The Morgan fingerprint density at radius 2 is 1.88 bits per heavy atom. The van der Waals surface area contributed by atoms with Crippen LogP contribution in [0.25, 0.3) is 11.3 Å². The van der Waals surface area contributed by atoms with Gasteiger partial charge in [0, 0.05) is 23.4 Å². The van der Waals surface area contributed by atoms with Crippen LogP contribution in [0.5, 0.6) is 5.75 Å². The van der Waals surface area contributed by atoms with E-state index in [1.54, 1.807) is 37.4 Å². The minimum atomic E-state index is -1.05. The second kappa shape index (κ2) is 9.34. The highest BCUT2D eigenvalue weighted by molar-refractivity contribution is 5.89. The number of urea groups is 1. The molecule has 0 fully saturated rings. The lowest BCUT2D eigenvalue weighted by molar-refractivity contribution is 0.199. The van der Waals surface area contributed by atoms with Crippen molar-refractivity contribution in [3.63, 3.8) is 0 Å². The number of halogens is 2. The summed E-state index contributed by atoms with van der Waals surface area (Å²) in [5.41, 5.74) is 1.42. The zero-order valence-electron chi connectivity index (χ0n) is 17.0. The van der Waals surface area contributed by atoms with Crippen molar-refractivity contribution < 1.29 is 27.3 Å². The number of carbonyl (C=O) groups is 1. The van der Waals surface area contributed by atoms with E-state index in [-0.39, 0.29) is 18.8 Å². The smallest absolute Gasteiger partial charge is 0.322 e. The molecule has 32 heavy (non-hydrogen) atoms. The zero-order valence-corrected chi connectivity index (χ0v) is 17.0. The Labute approximate surface area is 182 Å². The molecule has 0 radical (unpaired) electrons. The molecule has 4 aromatic rings. The molecule has 4 rings (SSSR count). The van der Waals surface area contributed by atoms with Gasteiger partial charge in [-0.1, -0.05) is 5.16 Å². The minimum Gasteiger partial charge on any atom is -0.497 e. The topological polar surface area (TPSA) is 80.7 Å². The maximum Gasteiger partial charge on any atom is 0.322 e. The molecule has 2 amide bonds. The standard InChI is InChI=1S/C23H19F2N3O4/c1-30-18-7-4-15(5-8-18)22-12-17(27-32-22)13-28(14-19-3-2-10-31-19)23(29)26-16-6-9-20(24)21(25)11-16/h2-12H,13-14H2,1H3,(H,26,29). The van der Waals surface area contributed by atoms with Crippen molar-refractivity contribution in [1.29, 1.82) is 0 Å². The van der Waals surface area contributed by atoms with Gasteiger partial charge in [-0.3, -0.25) is 0 Å². The summed E-state index contributed by atoms with van der Waals surface area (Å²) in [4.78, 5) is 14.3. The maximum absolute atomic E-state index is 13.5. The van der Waals surface area contributed by atoms with Crippen molar-refractivity contribution in [3.05, 3.63) is 90.0 Å². The van der Waals surface area contributed by atoms with Crippen molar-refractivity contribution in [2.24, 2.45) is 0 Å². The van der Waals surface area contributed by atoms with Gasteiger partial charge in [0.15, 0.2) is 17.4 Å². The summed E-state index contributed by atoms with van der Waals surface area (Å²) in [5.74, 6) is -0.261. The molecule has 0 unspecified atom stereocenters. The molecule has 2 heterocycles. The quantitative estimate of drug-likeness (QED) is 0.414. The Morgan fingerprint density at radius 1 is 1.06 bits per heavy atom. The van der Waals surface area contributed by atoms with Gasteiger partial charge in [-0.05, 0) is 48.5 Å². The van der Waals surface area contributed by atoms with Gasteiger partial charge in [-0.15, -0.1) is 0 Å². The number of amides is 2. The van der Waals surface area contributed by atoms with Crippen LogP contribution < -0.4 is 10.1 Å². The first kappa shape index (κ1) is 21.1. The molecule has 7 nitrogen and oxygen atoms in total. The highest BCUT2D eigenvalue weighted by Gasteiger charge is 2.19. The first-order valence-electron chi connectivity index (χ1n) is 9.65. The molecule has 0 aliphatic carbocycles. The van der Waals surface area contributed by atoms with Crippen LogP contribution in [0.15, 0.2) is 75.9 Å². The molecule has 164 valence electrons. The number of methoxy groups -OCH3 is 1. The van der Waals surface area contributed by atoms with E-state index in [1.807, 2.05) is 12.1 Å². The molecule has 0 saturated heterocycles. The summed E-state index contributed by atoms with van der Waals surface area (Å²) in [5, 5.41) is 6.61. The average molecular weight is 439 g/mol. The highest BCUT2D eigenvalue weighted by Crippen LogP contribution is 2.24. The number of carbonyl (C=O) groups excluding carboxylic acids is 1. The van der Waals surface area contributed by atoms with E-state index < -0.39 is 17.7 Å². The number of hydrogen-bond acceptors (Lipinski definition) is 5. The van der Waals surface area contributed by atoms with E-state index in [2.05, 4.69) is 10.5 Å². The van der Waals surface area contributed by atoms with Crippen molar-refractivity contribution in [2.75, 3.05) is 12.4 Å². The molecule has 0 aliphatic heterocycles. The monoisotopic (exact) mass is 439 g/mol. The molecule has 9 heteroatoms.